The molecule has 1 heterocycles. The Morgan fingerprint density at radius 1 is 1.45 bits per heavy atom. The molecular weight excluding hydrogens is 289 g/mol. The van der Waals surface area contributed by atoms with Crippen molar-refractivity contribution >= 4 is 27.8 Å². The van der Waals surface area contributed by atoms with Gasteiger partial charge in [0.2, 0.25) is 5.91 Å². The molecule has 20 heavy (non-hydrogen) atoms. The summed E-state index contributed by atoms with van der Waals surface area (Å²) in [7, 11) is -4.79. The van der Waals surface area contributed by atoms with Gasteiger partial charge in [-0.3, -0.25) is 4.79 Å². The lowest BCUT2D eigenvalue weighted by Crippen LogP contribution is -2.27. The summed E-state index contributed by atoms with van der Waals surface area (Å²) >= 11 is 0. The molecule has 0 aliphatic carbocycles. The minimum absolute atomic E-state index is 0.0156. The van der Waals surface area contributed by atoms with Crippen LogP contribution >= 0.6 is 0 Å². The zero-order chi connectivity index (χ0) is 15.1. The summed E-state index contributed by atoms with van der Waals surface area (Å²) in [4.78, 5) is 23.9. The van der Waals surface area contributed by atoms with E-state index in [1.54, 1.807) is 6.92 Å². The van der Waals surface area contributed by atoms with Gasteiger partial charge in [-0.15, -0.1) is 3.89 Å². The van der Waals surface area contributed by atoms with Gasteiger partial charge in [0.15, 0.2) is 0 Å². The van der Waals surface area contributed by atoms with Crippen molar-refractivity contribution in [1.82, 2.24) is 0 Å². The second-order valence-corrected chi connectivity index (χ2v) is 6.23. The Morgan fingerprint density at radius 3 is 2.60 bits per heavy atom. The minimum Gasteiger partial charge on any atom is -0.478 e. The van der Waals surface area contributed by atoms with Crippen LogP contribution in [0.1, 0.15) is 22.3 Å². The van der Waals surface area contributed by atoms with Crippen LogP contribution in [0.15, 0.2) is 18.2 Å². The Kier molecular flexibility index (Phi) is 3.51. The molecule has 1 saturated heterocycles. The van der Waals surface area contributed by atoms with Crippen LogP contribution in [-0.2, 0) is 15.0 Å². The highest BCUT2D eigenvalue weighted by Gasteiger charge is 2.39. The second kappa shape index (κ2) is 4.86. The van der Waals surface area contributed by atoms with Gasteiger partial charge in [-0.05, 0) is 24.6 Å². The standard InChI is InChI=1S/C12H12FNO5S/c1-7-2-3-8(4-10(7)12(16)17)14-6-9(5-11(14)15)20(13,18)19/h2-4,9H,5-6H2,1H3,(H,16,17). The molecule has 1 atom stereocenters. The Morgan fingerprint density at radius 2 is 2.10 bits per heavy atom. The average Bonchev–Trinajstić information content (AvgIpc) is 2.71. The molecule has 1 aliphatic heterocycles. The van der Waals surface area contributed by atoms with Gasteiger partial charge < -0.3 is 10.0 Å². The number of carbonyl (C=O) groups excluding carboxylic acids is 1. The second-order valence-electron chi connectivity index (χ2n) is 4.61. The summed E-state index contributed by atoms with van der Waals surface area (Å²) in [5.74, 6) is -1.69. The van der Waals surface area contributed by atoms with Gasteiger partial charge in [0.1, 0.15) is 5.25 Å². The summed E-state index contributed by atoms with van der Waals surface area (Å²) in [6.07, 6.45) is -0.435. The number of aryl methyl sites for hydroxylation is 1. The Labute approximate surface area is 115 Å². The van der Waals surface area contributed by atoms with Crippen LogP contribution in [0.3, 0.4) is 0 Å². The number of hydrogen-bond acceptors (Lipinski definition) is 4. The lowest BCUT2D eigenvalue weighted by Gasteiger charge is -2.17. The number of nitrogens with zero attached hydrogens (tertiary/aromatic N) is 1. The summed E-state index contributed by atoms with van der Waals surface area (Å²) in [6.45, 7) is 1.30. The average molecular weight is 301 g/mol. The number of carboxylic acid groups (broad SMARTS) is 1. The third kappa shape index (κ3) is 2.64. The molecule has 1 aromatic carbocycles. The van der Waals surface area contributed by atoms with Gasteiger partial charge >= 0.3 is 16.2 Å². The topological polar surface area (TPSA) is 91.8 Å². The Hall–Kier alpha value is -1.96. The van der Waals surface area contributed by atoms with Gasteiger partial charge in [0, 0.05) is 18.7 Å². The number of halogens is 1. The smallest absolute Gasteiger partial charge is 0.336 e. The van der Waals surface area contributed by atoms with E-state index in [2.05, 4.69) is 0 Å². The maximum atomic E-state index is 12.9. The fraction of sp³-hybridized carbons (Fsp3) is 0.333. The molecule has 1 aromatic rings. The third-order valence-corrected chi connectivity index (χ3v) is 4.36. The number of carboxylic acids is 1. The lowest BCUT2D eigenvalue weighted by molar-refractivity contribution is -0.117. The predicted molar refractivity (Wildman–Crippen MR) is 68.9 cm³/mol. The Balaban J connectivity index is 2.36. The molecular formula is C12H12FNO5S. The maximum Gasteiger partial charge on any atom is 0.336 e. The number of amides is 1. The van der Waals surface area contributed by atoms with Crippen LogP contribution in [0.2, 0.25) is 0 Å². The van der Waals surface area contributed by atoms with E-state index < -0.39 is 33.8 Å². The van der Waals surface area contributed by atoms with Crippen molar-refractivity contribution in [2.24, 2.45) is 0 Å². The first-order chi connectivity index (χ1) is 9.20. The predicted octanol–water partition coefficient (Wildman–Crippen LogP) is 1.10. The molecule has 1 aliphatic rings. The lowest BCUT2D eigenvalue weighted by atomic mass is 10.1. The molecule has 0 spiro atoms. The molecule has 0 bridgehead atoms. The molecule has 0 radical (unpaired) electrons. The van der Waals surface area contributed by atoms with Crippen molar-refractivity contribution in [3.8, 4) is 0 Å². The molecule has 1 amide bonds. The van der Waals surface area contributed by atoms with E-state index in [4.69, 9.17) is 5.11 Å². The monoisotopic (exact) mass is 301 g/mol. The highest BCUT2D eigenvalue weighted by Crippen LogP contribution is 2.27. The van der Waals surface area contributed by atoms with Crippen molar-refractivity contribution in [3.05, 3.63) is 29.3 Å². The first-order valence-electron chi connectivity index (χ1n) is 5.78. The van der Waals surface area contributed by atoms with E-state index in [1.807, 2.05) is 0 Å². The zero-order valence-electron chi connectivity index (χ0n) is 10.5. The van der Waals surface area contributed by atoms with E-state index >= 15 is 0 Å². The number of aromatic carboxylic acids is 1. The summed E-state index contributed by atoms with van der Waals surface area (Å²) in [5, 5.41) is 7.62. The molecule has 2 rings (SSSR count). The van der Waals surface area contributed by atoms with Gasteiger partial charge in [-0.1, -0.05) is 6.07 Å². The van der Waals surface area contributed by atoms with Crippen LogP contribution in [0, 0.1) is 6.92 Å². The SMILES string of the molecule is Cc1ccc(N2CC(S(=O)(=O)F)CC2=O)cc1C(=O)O. The summed E-state index contributed by atoms with van der Waals surface area (Å²) < 4.78 is 34.6. The molecule has 1 fully saturated rings. The molecule has 0 saturated carbocycles. The van der Waals surface area contributed by atoms with E-state index in [9.17, 15) is 21.9 Å². The first-order valence-corrected chi connectivity index (χ1v) is 7.22. The zero-order valence-corrected chi connectivity index (χ0v) is 11.4. The fourth-order valence-electron chi connectivity index (χ4n) is 2.12. The number of carbonyl (C=O) groups is 2. The molecule has 108 valence electrons. The Bertz CT molecular complexity index is 685. The van der Waals surface area contributed by atoms with Crippen molar-refractivity contribution < 1.29 is 27.0 Å². The van der Waals surface area contributed by atoms with Gasteiger partial charge in [0.05, 0.1) is 5.56 Å². The van der Waals surface area contributed by atoms with Crippen LogP contribution in [0.4, 0.5) is 9.57 Å². The number of anilines is 1. The van der Waals surface area contributed by atoms with Crippen molar-refractivity contribution in [1.29, 1.82) is 0 Å². The summed E-state index contributed by atoms with van der Waals surface area (Å²) in [5.41, 5.74) is 0.786. The molecule has 8 heteroatoms. The normalized spacial score (nSPS) is 19.4. The fourth-order valence-corrected chi connectivity index (χ4v) is 2.79. The quantitative estimate of drug-likeness (QED) is 0.844. The van der Waals surface area contributed by atoms with Crippen LogP contribution in [0.25, 0.3) is 0 Å². The van der Waals surface area contributed by atoms with Crippen molar-refractivity contribution in [2.45, 2.75) is 18.6 Å². The van der Waals surface area contributed by atoms with Crippen molar-refractivity contribution in [2.75, 3.05) is 11.4 Å². The molecule has 1 unspecified atom stereocenters. The van der Waals surface area contributed by atoms with Gasteiger partial charge in [-0.2, -0.15) is 8.42 Å². The van der Waals surface area contributed by atoms with Gasteiger partial charge in [0.25, 0.3) is 0 Å². The first kappa shape index (κ1) is 14.4. The van der Waals surface area contributed by atoms with E-state index in [0.717, 1.165) is 4.90 Å². The molecule has 6 nitrogen and oxygen atoms in total. The van der Waals surface area contributed by atoms with Crippen LogP contribution in [-0.4, -0.2) is 37.2 Å². The summed E-state index contributed by atoms with van der Waals surface area (Å²) in [6, 6.07) is 4.30. The number of benzene rings is 1. The van der Waals surface area contributed by atoms with Crippen LogP contribution in [0.5, 0.6) is 0 Å². The van der Waals surface area contributed by atoms with E-state index in [-0.39, 0.29) is 17.8 Å². The molecule has 1 N–H and O–H groups in total. The minimum atomic E-state index is -4.79. The maximum absolute atomic E-state index is 12.9. The number of hydrogen-bond donors (Lipinski definition) is 1. The highest BCUT2D eigenvalue weighted by atomic mass is 32.3. The largest absolute Gasteiger partial charge is 0.478 e. The highest BCUT2D eigenvalue weighted by molar-refractivity contribution is 7.87. The third-order valence-electron chi connectivity index (χ3n) is 3.25. The molecule has 0 aromatic heterocycles. The van der Waals surface area contributed by atoms with Gasteiger partial charge in [-0.25, -0.2) is 4.79 Å². The van der Waals surface area contributed by atoms with E-state index in [1.165, 1.54) is 18.2 Å². The van der Waals surface area contributed by atoms with Crippen molar-refractivity contribution in [3.63, 3.8) is 0 Å². The number of rotatable bonds is 3. The van der Waals surface area contributed by atoms with E-state index in [0.29, 0.717) is 5.56 Å². The van der Waals surface area contributed by atoms with Crippen LogP contribution < -0.4 is 4.90 Å².